The Bertz CT molecular complexity index is 784. The van der Waals surface area contributed by atoms with Gasteiger partial charge in [-0.1, -0.05) is 30.3 Å². The number of hydrogen-bond donors (Lipinski definition) is 1. The van der Waals surface area contributed by atoms with Crippen LogP contribution >= 0.6 is 0 Å². The van der Waals surface area contributed by atoms with Gasteiger partial charge in [-0.05, 0) is 22.9 Å². The van der Waals surface area contributed by atoms with E-state index >= 15 is 0 Å². The van der Waals surface area contributed by atoms with E-state index in [1.54, 1.807) is 37.6 Å². The van der Waals surface area contributed by atoms with E-state index in [4.69, 9.17) is 9.26 Å². The maximum absolute atomic E-state index is 12.1. The Morgan fingerprint density at radius 1 is 1.14 bits per heavy atom. The Morgan fingerprint density at radius 3 is 2.64 bits per heavy atom. The lowest BCUT2D eigenvalue weighted by atomic mass is 10.2. The highest BCUT2D eigenvalue weighted by atomic mass is 16.5. The van der Waals surface area contributed by atoms with Crippen LogP contribution in [0.5, 0.6) is 5.75 Å². The summed E-state index contributed by atoms with van der Waals surface area (Å²) in [4.78, 5) is 12.1. The molecule has 0 saturated carbocycles. The molecule has 3 rings (SSSR count). The molecule has 0 aliphatic carbocycles. The highest BCUT2D eigenvalue weighted by Gasteiger charge is 2.20. The van der Waals surface area contributed by atoms with Gasteiger partial charge in [0.25, 0.3) is 17.8 Å². The van der Waals surface area contributed by atoms with Gasteiger partial charge in [-0.15, -0.1) is 0 Å². The molecular formula is C16H14N3O3+. The lowest BCUT2D eigenvalue weighted by Crippen LogP contribution is -2.32. The van der Waals surface area contributed by atoms with E-state index < -0.39 is 0 Å². The fraction of sp³-hybridized carbons (Fsp3) is 0.0625. The first-order valence-electron chi connectivity index (χ1n) is 6.66. The first kappa shape index (κ1) is 13.8. The third-order valence-corrected chi connectivity index (χ3v) is 3.07. The smallest absolute Gasteiger partial charge is 0.303 e. The van der Waals surface area contributed by atoms with Crippen LogP contribution in [0.4, 0.5) is 5.88 Å². The highest BCUT2D eigenvalue weighted by Crippen LogP contribution is 2.17. The lowest BCUT2D eigenvalue weighted by Gasteiger charge is -1.98. The molecule has 6 nitrogen and oxygen atoms in total. The summed E-state index contributed by atoms with van der Waals surface area (Å²) >= 11 is 0. The summed E-state index contributed by atoms with van der Waals surface area (Å²) < 4.78 is 11.9. The van der Waals surface area contributed by atoms with Crippen molar-refractivity contribution in [3.63, 3.8) is 0 Å². The molecule has 0 unspecified atom stereocenters. The summed E-state index contributed by atoms with van der Waals surface area (Å²) in [6.07, 6.45) is 1.58. The molecule has 0 spiro atoms. The Labute approximate surface area is 126 Å². The molecule has 0 aliphatic rings. The third-order valence-electron chi connectivity index (χ3n) is 3.07. The van der Waals surface area contributed by atoms with Gasteiger partial charge in [0.05, 0.1) is 7.11 Å². The number of aromatic nitrogens is 2. The van der Waals surface area contributed by atoms with Crippen molar-refractivity contribution >= 4 is 11.8 Å². The van der Waals surface area contributed by atoms with Crippen LogP contribution in [0, 0.1) is 0 Å². The highest BCUT2D eigenvalue weighted by molar-refractivity contribution is 6.03. The van der Waals surface area contributed by atoms with E-state index in [1.165, 1.54) is 4.68 Å². The van der Waals surface area contributed by atoms with Crippen molar-refractivity contribution < 1.29 is 18.7 Å². The lowest BCUT2D eigenvalue weighted by molar-refractivity contribution is -0.670. The number of amides is 1. The average molecular weight is 296 g/mol. The van der Waals surface area contributed by atoms with Gasteiger partial charge < -0.3 is 4.74 Å². The largest absolute Gasteiger partial charge is 0.490 e. The van der Waals surface area contributed by atoms with Gasteiger partial charge in [0.15, 0.2) is 5.75 Å². The van der Waals surface area contributed by atoms with Gasteiger partial charge in [0, 0.05) is 11.6 Å². The summed E-state index contributed by atoms with van der Waals surface area (Å²) in [5, 5.41) is 6.54. The molecule has 0 bridgehead atoms. The first-order valence-corrected chi connectivity index (χ1v) is 6.66. The maximum atomic E-state index is 12.1. The predicted octanol–water partition coefficient (Wildman–Crippen LogP) is 2.21. The fourth-order valence-corrected chi connectivity index (χ4v) is 2.01. The van der Waals surface area contributed by atoms with Crippen LogP contribution < -0.4 is 14.7 Å². The van der Waals surface area contributed by atoms with Crippen LogP contribution in [0.1, 0.15) is 10.4 Å². The number of anilines is 1. The molecule has 22 heavy (non-hydrogen) atoms. The Balaban J connectivity index is 1.81. The fourth-order valence-electron chi connectivity index (χ4n) is 2.01. The number of nitrogens with zero attached hydrogens (tertiary/aromatic N) is 2. The SMILES string of the molecule is COc1ccccc1-[n+]1cc(NC(=O)c2ccccc2)on1. The minimum absolute atomic E-state index is 0.250. The quantitative estimate of drug-likeness (QED) is 0.750. The summed E-state index contributed by atoms with van der Waals surface area (Å²) in [5.41, 5.74) is 1.26. The van der Waals surface area contributed by atoms with Crippen molar-refractivity contribution in [1.29, 1.82) is 0 Å². The van der Waals surface area contributed by atoms with E-state index in [1.807, 2.05) is 30.3 Å². The number of carbonyl (C=O) groups excluding carboxylic acids is 1. The molecule has 6 heteroatoms. The normalized spacial score (nSPS) is 10.2. The number of hydrogen-bond acceptors (Lipinski definition) is 4. The molecule has 1 aromatic heterocycles. The molecule has 110 valence electrons. The number of para-hydroxylation sites is 2. The minimum atomic E-state index is -0.260. The van der Waals surface area contributed by atoms with Crippen molar-refractivity contribution in [3.05, 3.63) is 66.4 Å². The second-order valence-corrected chi connectivity index (χ2v) is 4.50. The number of benzene rings is 2. The van der Waals surface area contributed by atoms with Crippen LogP contribution in [-0.4, -0.2) is 18.3 Å². The minimum Gasteiger partial charge on any atom is -0.490 e. The van der Waals surface area contributed by atoms with Crippen molar-refractivity contribution in [3.8, 4) is 11.4 Å². The van der Waals surface area contributed by atoms with Crippen LogP contribution in [0.3, 0.4) is 0 Å². The molecule has 1 heterocycles. The topological polar surface area (TPSA) is 68.2 Å². The number of rotatable bonds is 4. The molecule has 2 aromatic carbocycles. The Kier molecular flexibility index (Phi) is 3.82. The van der Waals surface area contributed by atoms with Crippen LogP contribution in [0.25, 0.3) is 5.69 Å². The second-order valence-electron chi connectivity index (χ2n) is 4.50. The molecule has 1 amide bonds. The number of carbonyl (C=O) groups is 1. The van der Waals surface area contributed by atoms with Gasteiger partial charge in [0.1, 0.15) is 0 Å². The standard InChI is InChI=1S/C16H13N3O3/c1-21-14-10-6-5-9-13(14)19-11-15(22-18-19)17-16(20)12-7-3-2-4-8-12/h2-11H,1H3/p+1. The Morgan fingerprint density at radius 2 is 1.86 bits per heavy atom. The zero-order valence-electron chi connectivity index (χ0n) is 11.9. The summed E-state index contributed by atoms with van der Waals surface area (Å²) in [6.45, 7) is 0. The van der Waals surface area contributed by atoms with Crippen molar-refractivity contribution in [2.45, 2.75) is 0 Å². The van der Waals surface area contributed by atoms with E-state index in [9.17, 15) is 4.79 Å². The predicted molar refractivity (Wildman–Crippen MR) is 79.0 cm³/mol. The van der Waals surface area contributed by atoms with E-state index in [2.05, 4.69) is 10.6 Å². The zero-order chi connectivity index (χ0) is 15.4. The van der Waals surface area contributed by atoms with E-state index in [-0.39, 0.29) is 11.8 Å². The van der Waals surface area contributed by atoms with Crippen molar-refractivity contribution in [2.24, 2.45) is 0 Å². The number of methoxy groups -OCH3 is 1. The maximum Gasteiger partial charge on any atom is 0.303 e. The van der Waals surface area contributed by atoms with Crippen LogP contribution in [0.15, 0.2) is 65.3 Å². The molecule has 0 atom stereocenters. The molecule has 1 N–H and O–H groups in total. The summed E-state index contributed by atoms with van der Waals surface area (Å²) in [6, 6.07) is 16.3. The molecule has 0 radical (unpaired) electrons. The second kappa shape index (κ2) is 6.09. The van der Waals surface area contributed by atoms with Crippen molar-refractivity contribution in [2.75, 3.05) is 12.4 Å². The monoisotopic (exact) mass is 296 g/mol. The third kappa shape index (κ3) is 2.80. The molecule has 3 aromatic rings. The van der Waals surface area contributed by atoms with E-state index in [0.29, 0.717) is 17.0 Å². The number of ether oxygens (including phenoxy) is 1. The van der Waals surface area contributed by atoms with Gasteiger partial charge in [-0.3, -0.25) is 14.6 Å². The summed E-state index contributed by atoms with van der Waals surface area (Å²) in [5.74, 6) is 0.644. The molecular weight excluding hydrogens is 282 g/mol. The average Bonchev–Trinajstić information content (AvgIpc) is 3.04. The van der Waals surface area contributed by atoms with Crippen LogP contribution in [0.2, 0.25) is 0 Å². The zero-order valence-corrected chi connectivity index (χ0v) is 11.9. The Hall–Kier alpha value is -3.15. The van der Waals surface area contributed by atoms with Crippen molar-refractivity contribution in [1.82, 2.24) is 5.27 Å². The number of nitrogens with one attached hydrogen (secondary N) is 1. The van der Waals surface area contributed by atoms with Gasteiger partial charge >= 0.3 is 5.88 Å². The van der Waals surface area contributed by atoms with Gasteiger partial charge in [-0.25, -0.2) is 0 Å². The van der Waals surface area contributed by atoms with Gasteiger partial charge in [0.2, 0.25) is 5.27 Å². The molecule has 0 fully saturated rings. The van der Waals surface area contributed by atoms with Crippen LogP contribution in [-0.2, 0) is 0 Å². The first-order chi connectivity index (χ1) is 10.8. The van der Waals surface area contributed by atoms with E-state index in [0.717, 1.165) is 0 Å². The summed E-state index contributed by atoms with van der Waals surface area (Å²) in [7, 11) is 1.58. The van der Waals surface area contributed by atoms with Gasteiger partial charge in [-0.2, -0.15) is 0 Å². The molecule has 0 saturated heterocycles. The molecule has 0 aliphatic heterocycles.